The summed E-state index contributed by atoms with van der Waals surface area (Å²) in [6, 6.07) is -1.69. The number of ether oxygens (including phenoxy) is 2. The van der Waals surface area contributed by atoms with E-state index in [2.05, 4.69) is 4.74 Å². The minimum Gasteiger partial charge on any atom is -0.468 e. The molecule has 1 aliphatic heterocycles. The molecule has 1 saturated heterocycles. The molecule has 7 heteroatoms. The quantitative estimate of drug-likeness (QED) is 0.568. The molecule has 15 heavy (non-hydrogen) atoms. The highest BCUT2D eigenvalue weighted by Gasteiger charge is 2.35. The first-order valence-electron chi connectivity index (χ1n) is 4.48. The van der Waals surface area contributed by atoms with Crippen molar-refractivity contribution in [3.63, 3.8) is 0 Å². The van der Waals surface area contributed by atoms with Crippen LogP contribution in [0.25, 0.3) is 0 Å². The summed E-state index contributed by atoms with van der Waals surface area (Å²) in [4.78, 5) is 23.1. The van der Waals surface area contributed by atoms with E-state index in [-0.39, 0.29) is 13.2 Å². The fraction of sp³-hybridized carbons (Fsp3) is 0.750. The highest BCUT2D eigenvalue weighted by molar-refractivity contribution is 5.77. The van der Waals surface area contributed by atoms with Gasteiger partial charge >= 0.3 is 12.1 Å². The molecule has 0 unspecified atom stereocenters. The minimum absolute atomic E-state index is 0.114. The van der Waals surface area contributed by atoms with E-state index in [0.717, 1.165) is 4.90 Å². The van der Waals surface area contributed by atoms with Crippen LogP contribution in [0.2, 0.25) is 0 Å². The van der Waals surface area contributed by atoms with Gasteiger partial charge in [-0.05, 0) is 0 Å². The van der Waals surface area contributed by atoms with Gasteiger partial charge in [0.1, 0.15) is 6.04 Å². The monoisotopic (exact) mass is 218 g/mol. The second kappa shape index (κ2) is 4.94. The lowest BCUT2D eigenvalue weighted by Crippen LogP contribution is -2.59. The van der Waals surface area contributed by atoms with Crippen molar-refractivity contribution in [1.82, 2.24) is 4.90 Å². The molecule has 7 nitrogen and oxygen atoms in total. The number of nitrogens with two attached hydrogens (primary N) is 1. The van der Waals surface area contributed by atoms with Crippen molar-refractivity contribution in [3.8, 4) is 0 Å². The highest BCUT2D eigenvalue weighted by Crippen LogP contribution is 2.10. The van der Waals surface area contributed by atoms with Crippen LogP contribution in [0.4, 0.5) is 4.79 Å². The maximum absolute atomic E-state index is 11.2. The van der Waals surface area contributed by atoms with Gasteiger partial charge in [-0.2, -0.15) is 0 Å². The van der Waals surface area contributed by atoms with Gasteiger partial charge in [0, 0.05) is 6.54 Å². The first kappa shape index (κ1) is 11.7. The Morgan fingerprint density at radius 2 is 2.33 bits per heavy atom. The van der Waals surface area contributed by atoms with Gasteiger partial charge in [0.25, 0.3) is 0 Å². The molecule has 0 aromatic carbocycles. The Kier molecular flexibility index (Phi) is 3.87. The van der Waals surface area contributed by atoms with E-state index >= 15 is 0 Å². The summed E-state index contributed by atoms with van der Waals surface area (Å²) < 4.78 is 9.54. The smallest absolute Gasteiger partial charge is 0.407 e. The maximum atomic E-state index is 11.2. The zero-order valence-corrected chi connectivity index (χ0v) is 8.38. The van der Waals surface area contributed by atoms with E-state index in [1.54, 1.807) is 0 Å². The predicted octanol–water partition coefficient (Wildman–Crippen LogP) is -1.13. The molecule has 0 radical (unpaired) electrons. The zero-order chi connectivity index (χ0) is 11.4. The number of morpholine rings is 1. The molecular weight excluding hydrogens is 204 g/mol. The summed E-state index contributed by atoms with van der Waals surface area (Å²) in [6.45, 7) is 0.643. The molecule has 1 rings (SSSR count). The lowest BCUT2D eigenvalue weighted by molar-refractivity contribution is -0.145. The number of carboxylic acid groups (broad SMARTS) is 1. The van der Waals surface area contributed by atoms with E-state index in [1.807, 2.05) is 0 Å². The van der Waals surface area contributed by atoms with E-state index in [0.29, 0.717) is 6.61 Å². The number of nitrogens with zero attached hydrogens (tertiary/aromatic N) is 1. The molecule has 0 spiro atoms. The number of esters is 1. The molecule has 86 valence electrons. The van der Waals surface area contributed by atoms with Crippen molar-refractivity contribution in [1.29, 1.82) is 0 Å². The lowest BCUT2D eigenvalue weighted by atomic mass is 10.1. The first-order valence-corrected chi connectivity index (χ1v) is 4.48. The Morgan fingerprint density at radius 3 is 2.87 bits per heavy atom. The van der Waals surface area contributed by atoms with Crippen molar-refractivity contribution in [2.75, 3.05) is 26.9 Å². The van der Waals surface area contributed by atoms with E-state index in [9.17, 15) is 9.59 Å². The number of hydrogen-bond acceptors (Lipinski definition) is 5. The van der Waals surface area contributed by atoms with Crippen LogP contribution in [0.1, 0.15) is 0 Å². The molecule has 2 atom stereocenters. The SMILES string of the molecule is COC(=O)[C@@H](N)[C@H]1COCCN1C(=O)O. The van der Waals surface area contributed by atoms with Gasteiger partial charge in [0.15, 0.2) is 0 Å². The van der Waals surface area contributed by atoms with Crippen molar-refractivity contribution in [3.05, 3.63) is 0 Å². The van der Waals surface area contributed by atoms with E-state index in [1.165, 1.54) is 7.11 Å². The van der Waals surface area contributed by atoms with Crippen molar-refractivity contribution >= 4 is 12.1 Å². The summed E-state index contributed by atoms with van der Waals surface area (Å²) in [6.07, 6.45) is -1.11. The largest absolute Gasteiger partial charge is 0.468 e. The molecule has 1 aliphatic rings. The Morgan fingerprint density at radius 1 is 1.67 bits per heavy atom. The average molecular weight is 218 g/mol. The van der Waals surface area contributed by atoms with E-state index < -0.39 is 24.1 Å². The van der Waals surface area contributed by atoms with Crippen LogP contribution in [0.15, 0.2) is 0 Å². The summed E-state index contributed by atoms with van der Waals surface area (Å²) in [5.74, 6) is -0.642. The summed E-state index contributed by atoms with van der Waals surface area (Å²) in [7, 11) is 1.21. The number of amides is 1. The molecule has 1 amide bonds. The molecule has 3 N–H and O–H groups in total. The van der Waals surface area contributed by atoms with Crippen LogP contribution in [-0.2, 0) is 14.3 Å². The number of carbonyl (C=O) groups excluding carboxylic acids is 1. The maximum Gasteiger partial charge on any atom is 0.407 e. The molecule has 0 aliphatic carbocycles. The Balaban J connectivity index is 2.71. The molecule has 0 bridgehead atoms. The standard InChI is InChI=1S/C8H14N2O5/c1-14-7(11)6(9)5-4-15-3-2-10(5)8(12)13/h5-6H,2-4,9H2,1H3,(H,12,13)/t5-,6+/m1/s1. The van der Waals surface area contributed by atoms with Crippen LogP contribution in [0, 0.1) is 0 Å². The highest BCUT2D eigenvalue weighted by atomic mass is 16.5. The number of rotatable bonds is 2. The summed E-state index contributed by atoms with van der Waals surface area (Å²) in [5.41, 5.74) is 5.57. The van der Waals surface area contributed by atoms with E-state index in [4.69, 9.17) is 15.6 Å². The molecular formula is C8H14N2O5. The lowest BCUT2D eigenvalue weighted by Gasteiger charge is -2.35. The van der Waals surface area contributed by atoms with Gasteiger partial charge in [0.2, 0.25) is 0 Å². The Bertz CT molecular complexity index is 257. The van der Waals surface area contributed by atoms with Crippen LogP contribution in [-0.4, -0.2) is 61.0 Å². The van der Waals surface area contributed by atoms with Gasteiger partial charge < -0.3 is 20.3 Å². The Hall–Kier alpha value is -1.34. The predicted molar refractivity (Wildman–Crippen MR) is 49.3 cm³/mol. The fourth-order valence-corrected chi connectivity index (χ4v) is 1.45. The Labute approximate surface area is 86.7 Å². The number of carbonyl (C=O) groups is 2. The van der Waals surface area contributed by atoms with Crippen LogP contribution in [0.3, 0.4) is 0 Å². The van der Waals surface area contributed by atoms with Gasteiger partial charge in [-0.25, -0.2) is 4.79 Å². The number of methoxy groups -OCH3 is 1. The number of hydrogen-bond donors (Lipinski definition) is 2. The third-order valence-electron chi connectivity index (χ3n) is 2.30. The fourth-order valence-electron chi connectivity index (χ4n) is 1.45. The van der Waals surface area contributed by atoms with Gasteiger partial charge in [-0.3, -0.25) is 9.69 Å². The average Bonchev–Trinajstić information content (AvgIpc) is 2.27. The topological polar surface area (TPSA) is 102 Å². The van der Waals surface area contributed by atoms with Crippen molar-refractivity contribution in [2.24, 2.45) is 5.73 Å². The van der Waals surface area contributed by atoms with Crippen LogP contribution < -0.4 is 5.73 Å². The molecule has 0 saturated carbocycles. The summed E-state index contributed by atoms with van der Waals surface area (Å²) in [5, 5.41) is 8.87. The van der Waals surface area contributed by atoms with Gasteiger partial charge in [0.05, 0.1) is 26.4 Å². The van der Waals surface area contributed by atoms with Crippen molar-refractivity contribution < 1.29 is 24.2 Å². The van der Waals surface area contributed by atoms with Crippen molar-refractivity contribution in [2.45, 2.75) is 12.1 Å². The van der Waals surface area contributed by atoms with Gasteiger partial charge in [-0.1, -0.05) is 0 Å². The first-order chi connectivity index (χ1) is 7.07. The minimum atomic E-state index is -1.11. The third kappa shape index (κ3) is 2.57. The molecule has 0 aromatic heterocycles. The van der Waals surface area contributed by atoms with Crippen LogP contribution >= 0.6 is 0 Å². The zero-order valence-electron chi connectivity index (χ0n) is 8.38. The van der Waals surface area contributed by atoms with Gasteiger partial charge in [-0.15, -0.1) is 0 Å². The normalized spacial score (nSPS) is 23.3. The van der Waals surface area contributed by atoms with Crippen LogP contribution in [0.5, 0.6) is 0 Å². The molecule has 0 aromatic rings. The molecule has 1 heterocycles. The third-order valence-corrected chi connectivity index (χ3v) is 2.30. The molecule has 1 fully saturated rings. The summed E-state index contributed by atoms with van der Waals surface area (Å²) >= 11 is 0. The second-order valence-electron chi connectivity index (χ2n) is 3.17. The second-order valence-corrected chi connectivity index (χ2v) is 3.17.